The highest BCUT2D eigenvalue weighted by atomic mass is 32.2. The van der Waals surface area contributed by atoms with E-state index in [0.717, 1.165) is 11.1 Å². The van der Waals surface area contributed by atoms with Gasteiger partial charge in [0.25, 0.3) is 5.91 Å². The van der Waals surface area contributed by atoms with Crippen molar-refractivity contribution in [3.63, 3.8) is 0 Å². The first-order valence-electron chi connectivity index (χ1n) is 13.6. The van der Waals surface area contributed by atoms with Crippen LogP contribution in [-0.4, -0.2) is 75.2 Å². The molecule has 0 spiro atoms. The molecule has 2 aliphatic rings. The Balaban J connectivity index is 1.22. The summed E-state index contributed by atoms with van der Waals surface area (Å²) in [6.45, 7) is 3.28. The Morgan fingerprint density at radius 1 is 0.952 bits per heavy atom. The normalized spacial score (nSPS) is 15.5. The maximum Gasteiger partial charge on any atom is 0.261 e. The van der Waals surface area contributed by atoms with Crippen LogP contribution in [-0.2, 0) is 37.4 Å². The number of benzene rings is 3. The van der Waals surface area contributed by atoms with Crippen molar-refractivity contribution >= 4 is 21.8 Å². The topological polar surface area (TPSA) is 124 Å². The Morgan fingerprint density at radius 2 is 1.67 bits per heavy atom. The van der Waals surface area contributed by atoms with Gasteiger partial charge in [-0.3, -0.25) is 9.59 Å². The predicted molar refractivity (Wildman–Crippen MR) is 152 cm³/mol. The van der Waals surface area contributed by atoms with Crippen molar-refractivity contribution in [1.82, 2.24) is 14.5 Å². The largest absolute Gasteiger partial charge is 0.484 e. The number of rotatable bonds is 11. The third kappa shape index (κ3) is 7.01. The minimum atomic E-state index is -3.64. The summed E-state index contributed by atoms with van der Waals surface area (Å²) in [6, 6.07) is 20.0. The smallest absolute Gasteiger partial charge is 0.261 e. The molecule has 222 valence electrons. The van der Waals surface area contributed by atoms with Gasteiger partial charge < -0.3 is 29.2 Å². The fourth-order valence-corrected chi connectivity index (χ4v) is 6.03. The molecule has 1 fully saturated rings. The number of carbonyl (C=O) groups excluding carboxylic acids is 2. The van der Waals surface area contributed by atoms with E-state index in [1.54, 1.807) is 13.0 Å². The van der Waals surface area contributed by atoms with Crippen LogP contribution in [0.5, 0.6) is 17.2 Å². The van der Waals surface area contributed by atoms with Crippen LogP contribution >= 0.6 is 0 Å². The zero-order chi connectivity index (χ0) is 29.5. The van der Waals surface area contributed by atoms with Crippen molar-refractivity contribution in [2.75, 3.05) is 39.7 Å². The molecule has 2 aliphatic heterocycles. The summed E-state index contributed by atoms with van der Waals surface area (Å²) in [6.07, 6.45) is 0. The number of sulfonamides is 1. The summed E-state index contributed by atoms with van der Waals surface area (Å²) in [7, 11) is -3.64. The molecule has 42 heavy (non-hydrogen) atoms. The Kier molecular flexibility index (Phi) is 9.25. The Labute approximate surface area is 245 Å². The monoisotopic (exact) mass is 595 g/mol. The van der Waals surface area contributed by atoms with Crippen molar-refractivity contribution < 1.29 is 37.0 Å². The number of hydrogen-bond acceptors (Lipinski definition) is 8. The van der Waals surface area contributed by atoms with Crippen LogP contribution in [0, 0.1) is 0 Å². The van der Waals surface area contributed by atoms with E-state index in [0.29, 0.717) is 43.6 Å². The van der Waals surface area contributed by atoms with E-state index < -0.39 is 22.0 Å². The van der Waals surface area contributed by atoms with E-state index in [-0.39, 0.29) is 37.3 Å². The van der Waals surface area contributed by atoms with Crippen molar-refractivity contribution in [2.45, 2.75) is 31.0 Å². The average Bonchev–Trinajstić information content (AvgIpc) is 3.50. The van der Waals surface area contributed by atoms with Gasteiger partial charge >= 0.3 is 0 Å². The first-order valence-corrected chi connectivity index (χ1v) is 15.1. The fourth-order valence-electron chi connectivity index (χ4n) is 4.62. The molecule has 2 amide bonds. The summed E-state index contributed by atoms with van der Waals surface area (Å²) in [5, 5.41) is 2.89. The Bertz CT molecular complexity index is 1490. The number of hydrogen-bond donors (Lipinski definition) is 1. The average molecular weight is 596 g/mol. The highest BCUT2D eigenvalue weighted by Crippen LogP contribution is 2.32. The second-order valence-corrected chi connectivity index (χ2v) is 11.8. The Morgan fingerprint density at radius 3 is 2.40 bits per heavy atom. The molecule has 3 aromatic carbocycles. The van der Waals surface area contributed by atoms with E-state index in [1.165, 1.54) is 33.5 Å². The van der Waals surface area contributed by atoms with Crippen LogP contribution in [0.3, 0.4) is 0 Å². The van der Waals surface area contributed by atoms with E-state index >= 15 is 0 Å². The molecule has 5 rings (SSSR count). The summed E-state index contributed by atoms with van der Waals surface area (Å²) in [4.78, 5) is 28.1. The molecule has 0 aliphatic carbocycles. The Hall–Kier alpha value is -4.13. The van der Waals surface area contributed by atoms with Gasteiger partial charge in [0.05, 0.1) is 18.1 Å². The van der Waals surface area contributed by atoms with Crippen LogP contribution in [0.4, 0.5) is 0 Å². The molecule has 1 atom stereocenters. The second-order valence-electron chi connectivity index (χ2n) is 9.87. The van der Waals surface area contributed by atoms with Crippen LogP contribution in [0.25, 0.3) is 0 Å². The highest BCUT2D eigenvalue weighted by molar-refractivity contribution is 7.89. The van der Waals surface area contributed by atoms with Crippen molar-refractivity contribution in [3.05, 3.63) is 83.9 Å². The molecule has 3 aromatic rings. The number of morpholine rings is 1. The molecule has 0 aromatic heterocycles. The number of ether oxygens (including phenoxy) is 4. The summed E-state index contributed by atoms with van der Waals surface area (Å²) in [5.41, 5.74) is 1.70. The van der Waals surface area contributed by atoms with Gasteiger partial charge in [-0.2, -0.15) is 4.31 Å². The molecule has 0 saturated carbocycles. The molecule has 2 heterocycles. The number of nitrogens with zero attached hydrogens (tertiary/aromatic N) is 2. The fraction of sp³-hybridized carbons (Fsp3) is 0.333. The lowest BCUT2D eigenvalue weighted by Gasteiger charge is -2.29. The molecule has 1 saturated heterocycles. The van der Waals surface area contributed by atoms with E-state index in [4.69, 9.17) is 18.9 Å². The first-order chi connectivity index (χ1) is 20.3. The predicted octanol–water partition coefficient (Wildman–Crippen LogP) is 2.55. The third-order valence-corrected chi connectivity index (χ3v) is 8.97. The number of carbonyl (C=O) groups is 2. The van der Waals surface area contributed by atoms with Gasteiger partial charge in [0, 0.05) is 26.2 Å². The minimum Gasteiger partial charge on any atom is -0.484 e. The number of fused-ring (bicyclic) bond motifs is 1. The summed E-state index contributed by atoms with van der Waals surface area (Å²) in [5.74, 6) is 0.902. The van der Waals surface area contributed by atoms with E-state index in [1.807, 2.05) is 42.5 Å². The van der Waals surface area contributed by atoms with E-state index in [9.17, 15) is 18.0 Å². The van der Waals surface area contributed by atoms with Gasteiger partial charge in [0.1, 0.15) is 11.8 Å². The van der Waals surface area contributed by atoms with Gasteiger partial charge in [-0.15, -0.1) is 0 Å². The molecular formula is C30H33N3O8S. The van der Waals surface area contributed by atoms with Crippen LogP contribution < -0.4 is 19.5 Å². The lowest BCUT2D eigenvalue weighted by molar-refractivity contribution is -0.142. The zero-order valence-electron chi connectivity index (χ0n) is 23.2. The van der Waals surface area contributed by atoms with Crippen molar-refractivity contribution in [3.8, 4) is 17.2 Å². The van der Waals surface area contributed by atoms with E-state index in [2.05, 4.69) is 5.32 Å². The number of nitrogens with one attached hydrogen (secondary N) is 1. The molecule has 1 N–H and O–H groups in total. The summed E-state index contributed by atoms with van der Waals surface area (Å²) >= 11 is 0. The maximum absolute atomic E-state index is 13.4. The van der Waals surface area contributed by atoms with Crippen LogP contribution in [0.2, 0.25) is 0 Å². The van der Waals surface area contributed by atoms with Crippen LogP contribution in [0.1, 0.15) is 18.1 Å². The van der Waals surface area contributed by atoms with Crippen LogP contribution in [0.15, 0.2) is 77.7 Å². The maximum atomic E-state index is 13.4. The standard InChI is InChI=1S/C30H33N3O8S/c1-22(30(35)31-18-24-7-12-27-28(17-24)41-21-40-27)33(19-23-5-3-2-4-6-23)29(34)20-39-25-8-10-26(11-9-25)42(36,37)32-13-15-38-16-14-32/h2-12,17,22H,13-16,18-21H2,1H3,(H,31,35). The lowest BCUT2D eigenvalue weighted by Crippen LogP contribution is -2.48. The molecule has 0 radical (unpaired) electrons. The molecule has 0 bridgehead atoms. The molecule has 1 unspecified atom stereocenters. The lowest BCUT2D eigenvalue weighted by atomic mass is 10.1. The van der Waals surface area contributed by atoms with Crippen molar-refractivity contribution in [1.29, 1.82) is 0 Å². The zero-order valence-corrected chi connectivity index (χ0v) is 24.0. The van der Waals surface area contributed by atoms with Gasteiger partial charge in [-0.1, -0.05) is 36.4 Å². The first kappa shape index (κ1) is 29.4. The number of amides is 2. The highest BCUT2D eigenvalue weighted by Gasteiger charge is 2.28. The van der Waals surface area contributed by atoms with Gasteiger partial charge in [-0.25, -0.2) is 8.42 Å². The second kappa shape index (κ2) is 13.2. The molecular weight excluding hydrogens is 562 g/mol. The van der Waals surface area contributed by atoms with Gasteiger partial charge in [0.2, 0.25) is 22.7 Å². The molecule has 12 heteroatoms. The SMILES string of the molecule is CC(C(=O)NCc1ccc2c(c1)OCO2)N(Cc1ccccc1)C(=O)COc1ccc(S(=O)(=O)N2CCOCC2)cc1. The minimum absolute atomic E-state index is 0.140. The summed E-state index contributed by atoms with van der Waals surface area (Å²) < 4.78 is 48.9. The quantitative estimate of drug-likeness (QED) is 0.359. The molecule has 11 nitrogen and oxygen atoms in total. The van der Waals surface area contributed by atoms with Gasteiger partial charge in [-0.05, 0) is 54.4 Å². The van der Waals surface area contributed by atoms with Gasteiger partial charge in [0.15, 0.2) is 18.1 Å². The van der Waals surface area contributed by atoms with Crippen molar-refractivity contribution in [2.24, 2.45) is 0 Å². The third-order valence-electron chi connectivity index (χ3n) is 7.06.